The molecule has 29 heavy (non-hydrogen) atoms. The Bertz CT molecular complexity index is 578. The Kier molecular flexibility index (Phi) is 11.1. The third kappa shape index (κ3) is 10.4. The van der Waals surface area contributed by atoms with Crippen LogP contribution < -0.4 is 0 Å². The highest BCUT2D eigenvalue weighted by atomic mass is 32.2. The molecule has 0 aromatic heterocycles. The van der Waals surface area contributed by atoms with Gasteiger partial charge in [0.25, 0.3) is 0 Å². The summed E-state index contributed by atoms with van der Waals surface area (Å²) in [5, 5.41) is -0.686. The fourth-order valence-electron chi connectivity index (χ4n) is 2.64. The summed E-state index contributed by atoms with van der Waals surface area (Å²) in [7, 11) is 0. The van der Waals surface area contributed by atoms with E-state index in [-0.39, 0.29) is 30.0 Å². The minimum atomic E-state index is -0.889. The molecule has 0 aromatic rings. The summed E-state index contributed by atoms with van der Waals surface area (Å²) >= 11 is 5.02. The van der Waals surface area contributed by atoms with Gasteiger partial charge < -0.3 is 14.2 Å². The van der Waals surface area contributed by atoms with Crippen LogP contribution in [0.1, 0.15) is 66.2 Å². The van der Waals surface area contributed by atoms with Gasteiger partial charge in [-0.25, -0.2) is 4.79 Å². The van der Waals surface area contributed by atoms with Gasteiger partial charge in [0.15, 0.2) is 0 Å². The van der Waals surface area contributed by atoms with Gasteiger partial charge in [-0.2, -0.15) is 12.6 Å². The van der Waals surface area contributed by atoms with Crippen LogP contribution in [0.3, 0.4) is 0 Å². The number of carbonyl (C=O) groups is 4. The fraction of sp³-hybridized carbons (Fsp3) is 0.800. The molecule has 7 nitrogen and oxygen atoms in total. The predicted octanol–water partition coefficient (Wildman–Crippen LogP) is 4.17. The number of thiol groups is 1. The Morgan fingerprint density at radius 1 is 1.03 bits per heavy atom. The molecule has 1 saturated carbocycles. The highest BCUT2D eigenvalue weighted by Crippen LogP contribution is 2.26. The first-order chi connectivity index (χ1) is 13.5. The summed E-state index contributed by atoms with van der Waals surface area (Å²) < 4.78 is 14.3. The number of rotatable bonds is 10. The van der Waals surface area contributed by atoms with E-state index in [2.05, 4.69) is 12.6 Å². The molecule has 1 rings (SSSR count). The minimum Gasteiger partial charge on any atom is -0.462 e. The normalized spacial score (nSPS) is 16.2. The van der Waals surface area contributed by atoms with Crippen molar-refractivity contribution in [3.05, 3.63) is 0 Å². The lowest BCUT2D eigenvalue weighted by Gasteiger charge is -2.25. The van der Waals surface area contributed by atoms with Crippen LogP contribution in [0.2, 0.25) is 0 Å². The molecule has 9 heteroatoms. The Labute approximate surface area is 182 Å². The number of hydrogen-bond acceptors (Lipinski definition) is 9. The molecule has 0 radical (unpaired) electrons. The summed E-state index contributed by atoms with van der Waals surface area (Å²) in [4.78, 5) is 48.2. The molecule has 0 heterocycles. The number of hydrogen-bond donors (Lipinski definition) is 1. The molecule has 1 aliphatic rings. The van der Waals surface area contributed by atoms with Crippen molar-refractivity contribution < 1.29 is 33.4 Å². The minimum absolute atomic E-state index is 0.0398. The van der Waals surface area contributed by atoms with Crippen LogP contribution in [0.4, 0.5) is 4.79 Å². The lowest BCUT2D eigenvalue weighted by atomic mass is 9.95. The quantitative estimate of drug-likeness (QED) is 0.302. The zero-order chi connectivity index (χ0) is 22.0. The third-order valence-electron chi connectivity index (χ3n) is 4.53. The number of carbonyl (C=O) groups excluding carboxylic acids is 4. The molecular weight excluding hydrogens is 416 g/mol. The van der Waals surface area contributed by atoms with E-state index in [1.54, 1.807) is 27.7 Å². The van der Waals surface area contributed by atoms with Crippen molar-refractivity contribution in [3.63, 3.8) is 0 Å². The second kappa shape index (κ2) is 12.5. The van der Waals surface area contributed by atoms with Gasteiger partial charge in [-0.05, 0) is 51.3 Å². The molecule has 0 unspecified atom stereocenters. The maximum Gasteiger partial charge on any atom is 0.370 e. The number of esters is 2. The molecule has 1 fully saturated rings. The second-order valence-electron chi connectivity index (χ2n) is 8.02. The molecule has 0 N–H and O–H groups in total. The van der Waals surface area contributed by atoms with Crippen LogP contribution in [-0.2, 0) is 28.6 Å². The van der Waals surface area contributed by atoms with Crippen molar-refractivity contribution in [2.75, 3.05) is 12.5 Å². The summed E-state index contributed by atoms with van der Waals surface area (Å²) in [6, 6.07) is 0. The van der Waals surface area contributed by atoms with Gasteiger partial charge in [0.05, 0.1) is 16.6 Å². The first-order valence-electron chi connectivity index (χ1n) is 9.93. The van der Waals surface area contributed by atoms with Gasteiger partial charge in [-0.15, -0.1) is 0 Å². The van der Waals surface area contributed by atoms with Crippen LogP contribution >= 0.6 is 24.4 Å². The Morgan fingerprint density at radius 3 is 2.21 bits per heavy atom. The molecule has 0 amide bonds. The van der Waals surface area contributed by atoms with Crippen LogP contribution in [0.15, 0.2) is 0 Å². The van der Waals surface area contributed by atoms with Crippen LogP contribution in [0.5, 0.6) is 0 Å². The van der Waals surface area contributed by atoms with Crippen LogP contribution in [-0.4, -0.2) is 46.4 Å². The van der Waals surface area contributed by atoms with Crippen LogP contribution in [0, 0.1) is 11.8 Å². The molecule has 0 aliphatic heterocycles. The highest BCUT2D eigenvalue weighted by molar-refractivity contribution is 8.13. The Hall–Kier alpha value is -1.22. The zero-order valence-electron chi connectivity index (χ0n) is 17.6. The average molecular weight is 449 g/mol. The summed E-state index contributed by atoms with van der Waals surface area (Å²) in [5.74, 6) is -2.21. The molecule has 0 aromatic carbocycles. The molecule has 1 atom stereocenters. The largest absolute Gasteiger partial charge is 0.462 e. The lowest BCUT2D eigenvalue weighted by molar-refractivity contribution is -0.156. The molecule has 0 spiro atoms. The van der Waals surface area contributed by atoms with Gasteiger partial charge in [0, 0.05) is 12.2 Å². The summed E-state index contributed by atoms with van der Waals surface area (Å²) in [6.45, 7) is 6.17. The Morgan fingerprint density at radius 2 is 1.66 bits per heavy atom. The van der Waals surface area contributed by atoms with Gasteiger partial charge >= 0.3 is 17.2 Å². The van der Waals surface area contributed by atoms with Crippen molar-refractivity contribution in [3.8, 4) is 0 Å². The highest BCUT2D eigenvalue weighted by Gasteiger charge is 2.32. The first-order valence-corrected chi connectivity index (χ1v) is 11.4. The predicted molar refractivity (Wildman–Crippen MR) is 114 cm³/mol. The molecule has 166 valence electrons. The van der Waals surface area contributed by atoms with Crippen molar-refractivity contribution >= 4 is 47.4 Å². The van der Waals surface area contributed by atoms with Crippen LogP contribution in [0.25, 0.3) is 0 Å². The molecule has 1 aliphatic carbocycles. The monoisotopic (exact) mass is 448 g/mol. The zero-order valence-corrected chi connectivity index (χ0v) is 19.3. The molecule has 0 saturated heterocycles. The van der Waals surface area contributed by atoms with E-state index in [4.69, 9.17) is 14.2 Å². The topological polar surface area (TPSA) is 96.0 Å². The van der Waals surface area contributed by atoms with E-state index in [1.807, 2.05) is 0 Å². The maximum absolute atomic E-state index is 12.6. The lowest BCUT2D eigenvalue weighted by Crippen LogP contribution is -2.33. The van der Waals surface area contributed by atoms with Gasteiger partial charge in [0.2, 0.25) is 6.79 Å². The van der Waals surface area contributed by atoms with E-state index in [1.165, 1.54) is 0 Å². The van der Waals surface area contributed by atoms with Crippen molar-refractivity contribution in [2.24, 2.45) is 11.8 Å². The summed E-state index contributed by atoms with van der Waals surface area (Å²) in [6.07, 6.45) is 4.60. The first kappa shape index (κ1) is 25.8. The van der Waals surface area contributed by atoms with Crippen molar-refractivity contribution in [1.29, 1.82) is 0 Å². The number of ether oxygens (including phenoxy) is 3. The fourth-order valence-corrected chi connectivity index (χ4v) is 3.45. The number of ketones is 1. The third-order valence-corrected chi connectivity index (χ3v) is 5.71. The van der Waals surface area contributed by atoms with E-state index in [9.17, 15) is 19.2 Å². The van der Waals surface area contributed by atoms with Crippen molar-refractivity contribution in [1.82, 2.24) is 0 Å². The number of thioether (sulfide) groups is 1. The summed E-state index contributed by atoms with van der Waals surface area (Å²) in [5.41, 5.74) is 0. The van der Waals surface area contributed by atoms with E-state index in [0.717, 1.165) is 43.9 Å². The smallest absolute Gasteiger partial charge is 0.370 e. The number of Topliss-reactive ketones (excluding diaryl/α,β-unsaturated/α-hetero) is 1. The second-order valence-corrected chi connectivity index (χ2v) is 10.1. The Balaban J connectivity index is 2.58. The van der Waals surface area contributed by atoms with E-state index >= 15 is 0 Å². The van der Waals surface area contributed by atoms with Gasteiger partial charge in [0.1, 0.15) is 11.9 Å². The molecule has 0 bridgehead atoms. The van der Waals surface area contributed by atoms with Gasteiger partial charge in [-0.3, -0.25) is 14.4 Å². The molecular formula is C20H32O7S2. The van der Waals surface area contributed by atoms with E-state index in [0.29, 0.717) is 0 Å². The average Bonchev–Trinajstić information content (AvgIpc) is 2.64. The van der Waals surface area contributed by atoms with Crippen molar-refractivity contribution in [2.45, 2.75) is 77.1 Å². The maximum atomic E-state index is 12.6. The SMILES string of the molecule is CC(C)C(=O)OCOC(=O)SC[C@H](CC(=O)C(C)(C)S)C(=O)OC1CCCCC1. The standard InChI is InChI=1S/C20H32O7S2/c1-13(2)17(22)25-12-26-19(24)29-11-14(10-16(21)20(3,4)28)18(23)27-15-8-6-5-7-9-15/h13-15,28H,5-12H2,1-4H3/t14-/m0/s1. The van der Waals surface area contributed by atoms with E-state index < -0.39 is 34.7 Å². The van der Waals surface area contributed by atoms with Gasteiger partial charge in [-0.1, -0.05) is 20.3 Å².